The van der Waals surface area contributed by atoms with Crippen molar-refractivity contribution in [2.24, 2.45) is 5.73 Å². The maximum absolute atomic E-state index is 11.3. The monoisotopic (exact) mass is 172 g/mol. The minimum atomic E-state index is -0.622. The second-order valence-electron chi connectivity index (χ2n) is 3.42. The minimum Gasteiger partial charge on any atom is -0.394 e. The molecule has 0 aromatic carbocycles. The first-order valence-electron chi connectivity index (χ1n) is 4.33. The van der Waals surface area contributed by atoms with Crippen molar-refractivity contribution in [1.29, 1.82) is 0 Å². The molecule has 12 heavy (non-hydrogen) atoms. The van der Waals surface area contributed by atoms with Crippen molar-refractivity contribution >= 4 is 5.91 Å². The van der Waals surface area contributed by atoms with Gasteiger partial charge in [0.1, 0.15) is 0 Å². The second-order valence-corrected chi connectivity index (χ2v) is 3.42. The lowest BCUT2D eigenvalue weighted by Gasteiger charge is -2.16. The highest BCUT2D eigenvalue weighted by molar-refractivity contribution is 5.89. The maximum atomic E-state index is 11.3. The minimum absolute atomic E-state index is 0.0156. The van der Waals surface area contributed by atoms with Gasteiger partial charge in [-0.1, -0.05) is 6.92 Å². The number of nitrogens with one attached hydrogen (secondary N) is 1. The van der Waals surface area contributed by atoms with Crippen LogP contribution in [0.5, 0.6) is 0 Å². The van der Waals surface area contributed by atoms with Gasteiger partial charge in [0.25, 0.3) is 0 Å². The van der Waals surface area contributed by atoms with E-state index in [0.717, 1.165) is 19.3 Å². The van der Waals surface area contributed by atoms with Crippen LogP contribution in [0, 0.1) is 0 Å². The third-order valence-corrected chi connectivity index (χ3v) is 2.29. The predicted octanol–water partition coefficient (Wildman–Crippen LogP) is -0.635. The van der Waals surface area contributed by atoms with Gasteiger partial charge in [-0.05, 0) is 19.3 Å². The zero-order valence-electron chi connectivity index (χ0n) is 7.34. The molecule has 1 fully saturated rings. The van der Waals surface area contributed by atoms with E-state index in [9.17, 15) is 4.79 Å². The Morgan fingerprint density at radius 1 is 1.75 bits per heavy atom. The SMILES string of the molecule is CC[C@H](CO)NC(=O)C1(N)CC1. The largest absolute Gasteiger partial charge is 0.394 e. The maximum Gasteiger partial charge on any atom is 0.240 e. The lowest BCUT2D eigenvalue weighted by atomic mass is 10.2. The standard InChI is InChI=1S/C8H16N2O2/c1-2-6(5-11)10-7(12)8(9)3-4-8/h6,11H,2-5,9H2,1H3,(H,10,12)/t6-/m1/s1. The van der Waals surface area contributed by atoms with E-state index in [0.29, 0.717) is 0 Å². The summed E-state index contributed by atoms with van der Waals surface area (Å²) < 4.78 is 0. The molecule has 1 aliphatic carbocycles. The van der Waals surface area contributed by atoms with Crippen molar-refractivity contribution < 1.29 is 9.90 Å². The molecule has 0 heterocycles. The number of hydrogen-bond acceptors (Lipinski definition) is 3. The average Bonchev–Trinajstić information content (AvgIpc) is 2.80. The topological polar surface area (TPSA) is 75.3 Å². The highest BCUT2D eigenvalue weighted by Crippen LogP contribution is 2.32. The first kappa shape index (κ1) is 9.48. The molecule has 1 amide bonds. The van der Waals surface area contributed by atoms with E-state index >= 15 is 0 Å². The van der Waals surface area contributed by atoms with Gasteiger partial charge in [0.05, 0.1) is 18.2 Å². The van der Waals surface area contributed by atoms with Crippen molar-refractivity contribution in [2.75, 3.05) is 6.61 Å². The summed E-state index contributed by atoms with van der Waals surface area (Å²) in [5.74, 6) is -0.122. The zero-order valence-corrected chi connectivity index (χ0v) is 7.34. The molecule has 0 aliphatic heterocycles. The number of rotatable bonds is 4. The summed E-state index contributed by atoms with van der Waals surface area (Å²) in [5, 5.41) is 11.5. The molecule has 0 unspecified atom stereocenters. The third-order valence-electron chi connectivity index (χ3n) is 2.29. The van der Waals surface area contributed by atoms with E-state index in [-0.39, 0.29) is 18.6 Å². The quantitative estimate of drug-likeness (QED) is 0.528. The number of nitrogens with two attached hydrogens (primary N) is 1. The smallest absolute Gasteiger partial charge is 0.240 e. The van der Waals surface area contributed by atoms with Gasteiger partial charge in [0.2, 0.25) is 5.91 Å². The molecule has 4 heteroatoms. The highest BCUT2D eigenvalue weighted by atomic mass is 16.3. The Labute approximate surface area is 72.1 Å². The van der Waals surface area contributed by atoms with Crippen LogP contribution in [0.25, 0.3) is 0 Å². The van der Waals surface area contributed by atoms with Crippen LogP contribution in [0.1, 0.15) is 26.2 Å². The first-order chi connectivity index (χ1) is 5.62. The summed E-state index contributed by atoms with van der Waals surface area (Å²) in [7, 11) is 0. The van der Waals surface area contributed by atoms with Crippen molar-refractivity contribution in [3.63, 3.8) is 0 Å². The molecule has 0 spiro atoms. The van der Waals surface area contributed by atoms with Crippen LogP contribution in [0.4, 0.5) is 0 Å². The number of amides is 1. The fourth-order valence-corrected chi connectivity index (χ4v) is 0.968. The molecule has 0 aromatic heterocycles. The molecule has 1 atom stereocenters. The number of aliphatic hydroxyl groups is 1. The molecule has 0 aromatic rings. The molecule has 0 radical (unpaired) electrons. The van der Waals surface area contributed by atoms with Crippen LogP contribution < -0.4 is 11.1 Å². The number of carbonyl (C=O) groups excluding carboxylic acids is 1. The summed E-state index contributed by atoms with van der Waals surface area (Å²) in [6.07, 6.45) is 2.26. The number of hydrogen-bond donors (Lipinski definition) is 3. The first-order valence-corrected chi connectivity index (χ1v) is 4.33. The van der Waals surface area contributed by atoms with Crippen molar-refractivity contribution in [3.05, 3.63) is 0 Å². The van der Waals surface area contributed by atoms with Crippen LogP contribution >= 0.6 is 0 Å². The Hall–Kier alpha value is -0.610. The van der Waals surface area contributed by atoms with Crippen LogP contribution in [0.2, 0.25) is 0 Å². The summed E-state index contributed by atoms with van der Waals surface area (Å²) in [6.45, 7) is 1.90. The zero-order chi connectivity index (χ0) is 9.19. The van der Waals surface area contributed by atoms with Gasteiger partial charge in [0, 0.05) is 0 Å². The Morgan fingerprint density at radius 3 is 2.67 bits per heavy atom. The molecule has 4 N–H and O–H groups in total. The van der Waals surface area contributed by atoms with Crippen molar-refractivity contribution in [2.45, 2.75) is 37.8 Å². The third kappa shape index (κ3) is 1.95. The Bertz CT molecular complexity index is 174. The molecule has 0 saturated heterocycles. The van der Waals surface area contributed by atoms with E-state index in [4.69, 9.17) is 10.8 Å². The molecular formula is C8H16N2O2. The second kappa shape index (κ2) is 3.41. The van der Waals surface area contributed by atoms with Gasteiger partial charge in [0.15, 0.2) is 0 Å². The molecule has 70 valence electrons. The van der Waals surface area contributed by atoms with E-state index < -0.39 is 5.54 Å². The van der Waals surface area contributed by atoms with E-state index in [1.54, 1.807) is 0 Å². The van der Waals surface area contributed by atoms with E-state index in [1.807, 2.05) is 6.92 Å². The van der Waals surface area contributed by atoms with Gasteiger partial charge >= 0.3 is 0 Å². The van der Waals surface area contributed by atoms with Crippen LogP contribution in [0.15, 0.2) is 0 Å². The Morgan fingerprint density at radius 2 is 2.33 bits per heavy atom. The molecule has 1 saturated carbocycles. The van der Waals surface area contributed by atoms with Gasteiger partial charge in [-0.2, -0.15) is 0 Å². The summed E-state index contributed by atoms with van der Waals surface area (Å²) >= 11 is 0. The Kier molecular flexibility index (Phi) is 2.69. The van der Waals surface area contributed by atoms with Crippen molar-refractivity contribution in [1.82, 2.24) is 5.32 Å². The predicted molar refractivity (Wildman–Crippen MR) is 45.5 cm³/mol. The molecule has 1 rings (SSSR count). The molecule has 0 bridgehead atoms. The van der Waals surface area contributed by atoms with Crippen LogP contribution in [-0.2, 0) is 4.79 Å². The summed E-state index contributed by atoms with van der Waals surface area (Å²) in [5.41, 5.74) is 5.03. The molecule has 1 aliphatic rings. The lowest BCUT2D eigenvalue weighted by Crippen LogP contribution is -2.48. The van der Waals surface area contributed by atoms with Crippen LogP contribution in [-0.4, -0.2) is 29.2 Å². The molecular weight excluding hydrogens is 156 g/mol. The van der Waals surface area contributed by atoms with Crippen LogP contribution in [0.3, 0.4) is 0 Å². The number of carbonyl (C=O) groups is 1. The summed E-state index contributed by atoms with van der Waals surface area (Å²) in [6, 6.07) is -0.140. The van der Waals surface area contributed by atoms with Gasteiger partial charge < -0.3 is 16.2 Å². The van der Waals surface area contributed by atoms with Gasteiger partial charge in [-0.3, -0.25) is 4.79 Å². The lowest BCUT2D eigenvalue weighted by molar-refractivity contribution is -0.124. The molecule has 4 nitrogen and oxygen atoms in total. The van der Waals surface area contributed by atoms with Gasteiger partial charge in [-0.25, -0.2) is 0 Å². The fraction of sp³-hybridized carbons (Fsp3) is 0.875. The van der Waals surface area contributed by atoms with E-state index in [2.05, 4.69) is 5.32 Å². The number of aliphatic hydroxyl groups excluding tert-OH is 1. The average molecular weight is 172 g/mol. The summed E-state index contributed by atoms with van der Waals surface area (Å²) in [4.78, 5) is 11.3. The normalized spacial score (nSPS) is 21.6. The van der Waals surface area contributed by atoms with Crippen molar-refractivity contribution in [3.8, 4) is 0 Å². The van der Waals surface area contributed by atoms with E-state index in [1.165, 1.54) is 0 Å². The fourth-order valence-electron chi connectivity index (χ4n) is 0.968. The van der Waals surface area contributed by atoms with Gasteiger partial charge in [-0.15, -0.1) is 0 Å². The highest BCUT2D eigenvalue weighted by Gasteiger charge is 2.46. The Balaban J connectivity index is 2.34.